The van der Waals surface area contributed by atoms with Gasteiger partial charge in [-0.2, -0.15) is 0 Å². The van der Waals surface area contributed by atoms with Gasteiger partial charge in [0.25, 0.3) is 5.91 Å². The number of imidazole rings is 1. The number of piperidine rings is 1. The van der Waals surface area contributed by atoms with Gasteiger partial charge < -0.3 is 29.2 Å². The number of halogens is 3. The first-order valence-corrected chi connectivity index (χ1v) is 14.5. The number of methoxy groups -OCH3 is 1. The minimum atomic E-state index is -0.182. The lowest BCUT2D eigenvalue weighted by atomic mass is 9.92. The Morgan fingerprint density at radius 3 is 2.51 bits per heavy atom. The number of amides is 2. The van der Waals surface area contributed by atoms with E-state index in [1.807, 2.05) is 44.7 Å². The molecule has 0 bridgehead atoms. The minimum Gasteiger partial charge on any atom is -0.385 e. The van der Waals surface area contributed by atoms with Gasteiger partial charge in [0.1, 0.15) is 11.5 Å². The number of nitrogens with zero attached hydrogens (tertiary/aromatic N) is 4. The molecule has 12 heteroatoms. The lowest BCUT2D eigenvalue weighted by Crippen LogP contribution is -2.56. The highest BCUT2D eigenvalue weighted by Gasteiger charge is 2.37. The molecule has 2 atom stereocenters. The molecule has 1 aromatic heterocycles. The Morgan fingerprint density at radius 1 is 1.15 bits per heavy atom. The molecule has 0 unspecified atom stereocenters. The first-order chi connectivity index (χ1) is 18.9. The van der Waals surface area contributed by atoms with Crippen LogP contribution in [0.25, 0.3) is 11.4 Å². The van der Waals surface area contributed by atoms with E-state index < -0.39 is 0 Å². The third-order valence-corrected chi connectivity index (χ3v) is 7.67. The van der Waals surface area contributed by atoms with Crippen molar-refractivity contribution in [2.45, 2.75) is 45.7 Å². The predicted octanol–water partition coefficient (Wildman–Crippen LogP) is 4.41. The van der Waals surface area contributed by atoms with Crippen LogP contribution in [0.4, 0.5) is 0 Å². The molecule has 41 heavy (non-hydrogen) atoms. The number of morpholine rings is 1. The maximum absolute atomic E-state index is 14.3. The minimum absolute atomic E-state index is 0. The number of benzene rings is 1. The van der Waals surface area contributed by atoms with Crippen LogP contribution in [0, 0.1) is 11.8 Å². The SMILES string of the molecule is COCCCCn1c(-c2ccccc2)nc(Cl)c1C(=O)N(CC(C)C)[C@@H]1CNC[C@H](C(=O)N2CCOCC2)C1.Cl.Cl. The van der Waals surface area contributed by atoms with Gasteiger partial charge in [-0.05, 0) is 25.2 Å². The summed E-state index contributed by atoms with van der Waals surface area (Å²) in [6.45, 7) is 9.66. The lowest BCUT2D eigenvalue weighted by molar-refractivity contribution is -0.140. The normalized spacial score (nSPS) is 18.9. The molecule has 1 aromatic carbocycles. The summed E-state index contributed by atoms with van der Waals surface area (Å²) in [7, 11) is 1.69. The van der Waals surface area contributed by atoms with E-state index in [-0.39, 0.29) is 59.7 Å². The molecule has 2 aliphatic rings. The zero-order valence-corrected chi connectivity index (χ0v) is 26.6. The van der Waals surface area contributed by atoms with E-state index in [1.165, 1.54) is 0 Å². The summed E-state index contributed by atoms with van der Waals surface area (Å²) in [5.74, 6) is 0.753. The molecule has 9 nitrogen and oxygen atoms in total. The van der Waals surface area contributed by atoms with Gasteiger partial charge in [0.05, 0.1) is 19.1 Å². The zero-order valence-electron chi connectivity index (χ0n) is 24.2. The molecule has 0 radical (unpaired) electrons. The van der Waals surface area contributed by atoms with Gasteiger partial charge in [0.2, 0.25) is 5.91 Å². The van der Waals surface area contributed by atoms with Crippen molar-refractivity contribution >= 4 is 48.2 Å². The van der Waals surface area contributed by atoms with Crippen LogP contribution in [0.1, 0.15) is 43.6 Å². The molecule has 2 amide bonds. The third kappa shape index (κ3) is 9.05. The van der Waals surface area contributed by atoms with Crippen LogP contribution in [0.5, 0.6) is 0 Å². The van der Waals surface area contributed by atoms with Crippen molar-refractivity contribution in [2.75, 3.05) is 59.7 Å². The highest BCUT2D eigenvalue weighted by Crippen LogP contribution is 2.29. The number of hydrogen-bond acceptors (Lipinski definition) is 6. The van der Waals surface area contributed by atoms with Crippen molar-refractivity contribution in [3.05, 3.63) is 41.2 Å². The second-order valence-corrected chi connectivity index (χ2v) is 11.2. The number of unbranched alkanes of at least 4 members (excludes halogenated alkanes) is 1. The molecule has 0 aliphatic carbocycles. The number of ether oxygens (including phenoxy) is 2. The average molecular weight is 633 g/mol. The largest absolute Gasteiger partial charge is 0.385 e. The van der Waals surface area contributed by atoms with Crippen molar-refractivity contribution < 1.29 is 19.1 Å². The van der Waals surface area contributed by atoms with Crippen molar-refractivity contribution in [1.29, 1.82) is 0 Å². The second-order valence-electron chi connectivity index (χ2n) is 10.8. The molecule has 0 spiro atoms. The van der Waals surface area contributed by atoms with E-state index in [9.17, 15) is 9.59 Å². The van der Waals surface area contributed by atoms with Gasteiger partial charge in [-0.3, -0.25) is 9.59 Å². The monoisotopic (exact) mass is 631 g/mol. The molecule has 4 rings (SSSR count). The molecule has 2 aromatic rings. The van der Waals surface area contributed by atoms with Crippen LogP contribution in [-0.2, 0) is 20.8 Å². The molecule has 2 fully saturated rings. The first-order valence-electron chi connectivity index (χ1n) is 14.1. The van der Waals surface area contributed by atoms with Gasteiger partial charge in [-0.25, -0.2) is 4.98 Å². The van der Waals surface area contributed by atoms with Crippen LogP contribution in [0.15, 0.2) is 30.3 Å². The summed E-state index contributed by atoms with van der Waals surface area (Å²) in [6.07, 6.45) is 2.31. The van der Waals surface area contributed by atoms with Crippen molar-refractivity contribution in [3.63, 3.8) is 0 Å². The lowest BCUT2D eigenvalue weighted by Gasteiger charge is -2.40. The molecule has 2 saturated heterocycles. The summed E-state index contributed by atoms with van der Waals surface area (Å²) in [5.41, 5.74) is 1.33. The first kappa shape index (κ1) is 35.3. The van der Waals surface area contributed by atoms with Crippen molar-refractivity contribution in [2.24, 2.45) is 11.8 Å². The smallest absolute Gasteiger partial charge is 0.274 e. The van der Waals surface area contributed by atoms with Gasteiger partial charge in [0.15, 0.2) is 5.15 Å². The number of nitrogens with one attached hydrogen (secondary N) is 1. The molecule has 2 aliphatic heterocycles. The van der Waals surface area contributed by atoms with Crippen molar-refractivity contribution in [1.82, 2.24) is 24.7 Å². The highest BCUT2D eigenvalue weighted by atomic mass is 35.5. The number of hydrogen-bond donors (Lipinski definition) is 1. The van der Waals surface area contributed by atoms with Gasteiger partial charge in [-0.1, -0.05) is 55.8 Å². The number of carbonyl (C=O) groups excluding carboxylic acids is 2. The summed E-state index contributed by atoms with van der Waals surface area (Å²) < 4.78 is 12.6. The molecule has 1 N–H and O–H groups in total. The topological polar surface area (TPSA) is 88.9 Å². The van der Waals surface area contributed by atoms with Crippen molar-refractivity contribution in [3.8, 4) is 11.4 Å². The van der Waals surface area contributed by atoms with Crippen LogP contribution in [0.3, 0.4) is 0 Å². The molecular formula is C29H44Cl3N5O4. The number of aromatic nitrogens is 2. The summed E-state index contributed by atoms with van der Waals surface area (Å²) in [4.78, 5) is 36.1. The maximum atomic E-state index is 14.3. The third-order valence-electron chi connectivity index (χ3n) is 7.40. The van der Waals surface area contributed by atoms with E-state index in [1.54, 1.807) is 7.11 Å². The Kier molecular flexibility index (Phi) is 14.9. The average Bonchev–Trinajstić information content (AvgIpc) is 3.29. The fourth-order valence-corrected chi connectivity index (χ4v) is 5.75. The van der Waals surface area contributed by atoms with Gasteiger partial charge >= 0.3 is 0 Å². The molecule has 0 saturated carbocycles. The predicted molar refractivity (Wildman–Crippen MR) is 166 cm³/mol. The van der Waals surface area contributed by atoms with Crippen LogP contribution >= 0.6 is 36.4 Å². The van der Waals surface area contributed by atoms with E-state index >= 15 is 0 Å². The Labute approximate surface area is 261 Å². The van der Waals surface area contributed by atoms with E-state index in [0.29, 0.717) is 77.0 Å². The Hall–Kier alpha value is -1.88. The Morgan fingerprint density at radius 2 is 1.85 bits per heavy atom. The zero-order chi connectivity index (χ0) is 27.8. The fourth-order valence-electron chi connectivity index (χ4n) is 5.48. The van der Waals surface area contributed by atoms with E-state index in [2.05, 4.69) is 24.1 Å². The molecule has 230 valence electrons. The Bertz CT molecular complexity index is 1100. The number of carbonyl (C=O) groups is 2. The fraction of sp³-hybridized carbons (Fsp3) is 0.621. The van der Waals surface area contributed by atoms with Crippen LogP contribution < -0.4 is 5.32 Å². The highest BCUT2D eigenvalue weighted by molar-refractivity contribution is 6.32. The summed E-state index contributed by atoms with van der Waals surface area (Å²) in [6, 6.07) is 9.71. The van der Waals surface area contributed by atoms with Gasteiger partial charge in [-0.15, -0.1) is 24.8 Å². The number of rotatable bonds is 11. The molecular weight excluding hydrogens is 589 g/mol. The standard InChI is InChI=1S/C29H42ClN5O4.2ClH/c1-21(2)20-35(24-17-23(18-31-19-24)28(36)33-12-15-39-16-13-33)29(37)25-26(30)32-27(22-9-5-4-6-10-22)34(25)11-7-8-14-38-3;;/h4-6,9-10,21,23-24,31H,7-8,11-20H2,1-3H3;2*1H/t23-,24+;;/m1../s1. The summed E-state index contributed by atoms with van der Waals surface area (Å²) in [5, 5.41) is 3.64. The summed E-state index contributed by atoms with van der Waals surface area (Å²) >= 11 is 6.74. The van der Waals surface area contributed by atoms with Crippen LogP contribution in [0.2, 0.25) is 5.15 Å². The van der Waals surface area contributed by atoms with E-state index in [0.717, 1.165) is 18.4 Å². The quantitative estimate of drug-likeness (QED) is 0.370. The molecule has 3 heterocycles. The maximum Gasteiger partial charge on any atom is 0.274 e. The van der Waals surface area contributed by atoms with Gasteiger partial charge in [0, 0.05) is 64.6 Å². The van der Waals surface area contributed by atoms with Crippen LogP contribution in [-0.4, -0.2) is 96.9 Å². The Balaban J connectivity index is 0.00000294. The second kappa shape index (κ2) is 17.3. The van der Waals surface area contributed by atoms with E-state index in [4.69, 9.17) is 21.1 Å².